The van der Waals surface area contributed by atoms with Crippen LogP contribution in [0.2, 0.25) is 0 Å². The maximum atomic E-state index is 13.7. The van der Waals surface area contributed by atoms with Crippen molar-refractivity contribution in [1.29, 1.82) is 0 Å². The van der Waals surface area contributed by atoms with Crippen LogP contribution in [0, 0.1) is 6.92 Å². The first-order chi connectivity index (χ1) is 23.9. The molecule has 0 aromatic heterocycles. The summed E-state index contributed by atoms with van der Waals surface area (Å²) in [5, 5.41) is 0. The minimum atomic E-state index is -0.106. The predicted molar refractivity (Wildman–Crippen MR) is 203 cm³/mol. The Hall–Kier alpha value is -5.99. The predicted octanol–water partition coefficient (Wildman–Crippen LogP) is 12.3. The summed E-state index contributed by atoms with van der Waals surface area (Å²) in [6, 6.07) is 56.1. The van der Waals surface area contributed by atoms with E-state index in [0.29, 0.717) is 0 Å². The highest BCUT2D eigenvalue weighted by Crippen LogP contribution is 2.51. The van der Waals surface area contributed by atoms with Gasteiger partial charge < -0.3 is 4.90 Å². The van der Waals surface area contributed by atoms with E-state index in [-0.39, 0.29) is 11.2 Å². The van der Waals surface area contributed by atoms with E-state index in [1.807, 2.05) is 13.0 Å². The second-order valence-electron chi connectivity index (χ2n) is 13.8. The topological polar surface area (TPSA) is 20.3 Å². The van der Waals surface area contributed by atoms with Crippen molar-refractivity contribution >= 4 is 22.8 Å². The molecule has 49 heavy (non-hydrogen) atoms. The molecular formula is C47H35NO. The van der Waals surface area contributed by atoms with E-state index >= 15 is 0 Å². The molecule has 0 radical (unpaired) electrons. The summed E-state index contributed by atoms with van der Waals surface area (Å²) < 4.78 is 0. The second-order valence-corrected chi connectivity index (χ2v) is 13.8. The van der Waals surface area contributed by atoms with Crippen LogP contribution in [0.15, 0.2) is 158 Å². The van der Waals surface area contributed by atoms with E-state index in [4.69, 9.17) is 0 Å². The molecule has 234 valence electrons. The smallest absolute Gasteiger partial charge is 0.194 e. The van der Waals surface area contributed by atoms with Crippen molar-refractivity contribution in [2.75, 3.05) is 4.90 Å². The lowest BCUT2D eigenvalue weighted by Crippen LogP contribution is -2.16. The van der Waals surface area contributed by atoms with E-state index in [1.54, 1.807) is 0 Å². The number of benzene rings is 7. The molecule has 0 N–H and O–H groups in total. The Balaban J connectivity index is 1.15. The summed E-state index contributed by atoms with van der Waals surface area (Å²) in [6.45, 7) is 6.70. The number of ketones is 1. The third kappa shape index (κ3) is 4.59. The van der Waals surface area contributed by atoms with E-state index in [1.165, 1.54) is 33.4 Å². The minimum absolute atomic E-state index is 0.106. The number of carbonyl (C=O) groups excluding carboxylic acids is 1. The molecule has 2 nitrogen and oxygen atoms in total. The lowest BCUT2D eigenvalue weighted by molar-refractivity contribution is 0.104. The standard InChI is InChI=1S/C47H35NO/c1-30-16-26-38-41-14-9-13-37(45(41)46(49)42(38)28-30)33-19-23-35(24-20-33)48(34-21-17-32(18-22-34)31-10-5-4-6-11-31)36-25-27-40-39-12-7-8-15-43(39)47(2,3)44(40)29-36/h4-29H,1-3H3. The van der Waals surface area contributed by atoms with Gasteiger partial charge >= 0.3 is 0 Å². The fourth-order valence-corrected chi connectivity index (χ4v) is 7.98. The first-order valence-corrected chi connectivity index (χ1v) is 17.0. The summed E-state index contributed by atoms with van der Waals surface area (Å²) in [5.74, 6) is 0.107. The molecule has 0 saturated heterocycles. The fraction of sp³-hybridized carbons (Fsp3) is 0.0851. The van der Waals surface area contributed by atoms with Crippen LogP contribution in [0.25, 0.3) is 44.5 Å². The third-order valence-corrected chi connectivity index (χ3v) is 10.5. The number of anilines is 3. The lowest BCUT2D eigenvalue weighted by Gasteiger charge is -2.28. The maximum Gasteiger partial charge on any atom is 0.194 e. The fourth-order valence-electron chi connectivity index (χ4n) is 7.98. The quantitative estimate of drug-likeness (QED) is 0.189. The number of rotatable bonds is 5. The van der Waals surface area contributed by atoms with Gasteiger partial charge in [-0.05, 0) is 105 Å². The summed E-state index contributed by atoms with van der Waals surface area (Å²) in [6.07, 6.45) is 0. The number of fused-ring (bicyclic) bond motifs is 6. The zero-order chi connectivity index (χ0) is 33.3. The van der Waals surface area contributed by atoms with Gasteiger partial charge in [0.15, 0.2) is 5.78 Å². The van der Waals surface area contributed by atoms with Crippen molar-refractivity contribution < 1.29 is 4.79 Å². The Kier molecular flexibility index (Phi) is 6.57. The first kappa shape index (κ1) is 29.2. The van der Waals surface area contributed by atoms with Gasteiger partial charge in [0.1, 0.15) is 0 Å². The highest BCUT2D eigenvalue weighted by atomic mass is 16.1. The largest absolute Gasteiger partial charge is 0.310 e. The number of hydrogen-bond donors (Lipinski definition) is 0. The number of nitrogens with zero attached hydrogens (tertiary/aromatic N) is 1. The zero-order valence-electron chi connectivity index (χ0n) is 27.9. The van der Waals surface area contributed by atoms with Crippen molar-refractivity contribution in [2.45, 2.75) is 26.2 Å². The van der Waals surface area contributed by atoms with Gasteiger partial charge in [-0.15, -0.1) is 0 Å². The van der Waals surface area contributed by atoms with Gasteiger partial charge in [0.05, 0.1) is 0 Å². The van der Waals surface area contributed by atoms with E-state index in [0.717, 1.165) is 56.0 Å². The molecule has 2 aliphatic rings. The molecule has 0 aliphatic heterocycles. The van der Waals surface area contributed by atoms with Gasteiger partial charge in [-0.2, -0.15) is 0 Å². The van der Waals surface area contributed by atoms with Crippen LogP contribution in [0.4, 0.5) is 17.1 Å². The van der Waals surface area contributed by atoms with Gasteiger partial charge in [-0.3, -0.25) is 4.79 Å². The van der Waals surface area contributed by atoms with Gasteiger partial charge in [-0.25, -0.2) is 0 Å². The molecule has 7 aromatic rings. The SMILES string of the molecule is Cc1ccc2c(c1)C(=O)c1c(-c3ccc(N(c4ccc(-c5ccccc5)cc4)c4ccc5c(c4)C(C)(C)c4ccccc4-5)cc3)cccc1-2. The van der Waals surface area contributed by atoms with Crippen LogP contribution in [-0.2, 0) is 5.41 Å². The van der Waals surface area contributed by atoms with Crippen molar-refractivity contribution in [3.8, 4) is 44.5 Å². The summed E-state index contributed by atoms with van der Waals surface area (Å²) >= 11 is 0. The molecule has 2 aliphatic carbocycles. The molecule has 0 spiro atoms. The van der Waals surface area contributed by atoms with Gasteiger partial charge in [0, 0.05) is 33.6 Å². The van der Waals surface area contributed by atoms with Crippen molar-refractivity contribution in [2.24, 2.45) is 0 Å². The maximum absolute atomic E-state index is 13.7. The van der Waals surface area contributed by atoms with Gasteiger partial charge in [0.25, 0.3) is 0 Å². The van der Waals surface area contributed by atoms with E-state index < -0.39 is 0 Å². The zero-order valence-corrected chi connectivity index (χ0v) is 27.9. The van der Waals surface area contributed by atoms with Crippen molar-refractivity contribution in [3.63, 3.8) is 0 Å². The Labute approximate surface area is 288 Å². The number of aryl methyl sites for hydroxylation is 1. The van der Waals surface area contributed by atoms with Crippen LogP contribution in [0.5, 0.6) is 0 Å². The lowest BCUT2D eigenvalue weighted by atomic mass is 9.82. The second kappa shape index (κ2) is 11.0. The van der Waals surface area contributed by atoms with Crippen molar-refractivity contribution in [3.05, 3.63) is 186 Å². The van der Waals surface area contributed by atoms with E-state index in [2.05, 4.69) is 170 Å². The van der Waals surface area contributed by atoms with Crippen LogP contribution in [-0.4, -0.2) is 5.78 Å². The average Bonchev–Trinajstić information content (AvgIpc) is 3.55. The summed E-state index contributed by atoms with van der Waals surface area (Å²) in [4.78, 5) is 16.1. The van der Waals surface area contributed by atoms with Gasteiger partial charge in [-0.1, -0.05) is 135 Å². The molecule has 0 fully saturated rings. The summed E-state index contributed by atoms with van der Waals surface area (Å²) in [5.41, 5.74) is 17.6. The molecule has 7 aromatic carbocycles. The third-order valence-electron chi connectivity index (χ3n) is 10.5. The molecule has 0 atom stereocenters. The highest BCUT2D eigenvalue weighted by Gasteiger charge is 2.36. The molecular weight excluding hydrogens is 595 g/mol. The molecule has 0 unspecified atom stereocenters. The number of carbonyl (C=O) groups is 1. The average molecular weight is 630 g/mol. The first-order valence-electron chi connectivity index (χ1n) is 17.0. The van der Waals surface area contributed by atoms with Crippen LogP contribution >= 0.6 is 0 Å². The molecule has 9 rings (SSSR count). The minimum Gasteiger partial charge on any atom is -0.310 e. The van der Waals surface area contributed by atoms with Gasteiger partial charge in [0.2, 0.25) is 0 Å². The Morgan fingerprint density at radius 1 is 0.429 bits per heavy atom. The Morgan fingerprint density at radius 3 is 1.76 bits per heavy atom. The normalized spacial score (nSPS) is 13.4. The molecule has 0 amide bonds. The summed E-state index contributed by atoms with van der Waals surface area (Å²) in [7, 11) is 0. The van der Waals surface area contributed by atoms with Crippen LogP contribution in [0.3, 0.4) is 0 Å². The monoisotopic (exact) mass is 629 g/mol. The van der Waals surface area contributed by atoms with Crippen LogP contribution < -0.4 is 4.90 Å². The number of hydrogen-bond acceptors (Lipinski definition) is 2. The molecule has 0 bridgehead atoms. The molecule has 2 heteroatoms. The molecule has 0 saturated carbocycles. The molecule has 0 heterocycles. The van der Waals surface area contributed by atoms with Crippen LogP contribution in [0.1, 0.15) is 46.5 Å². The Morgan fingerprint density at radius 2 is 1.00 bits per heavy atom. The Bertz CT molecular complexity index is 2420. The van der Waals surface area contributed by atoms with Crippen molar-refractivity contribution in [1.82, 2.24) is 0 Å². The van der Waals surface area contributed by atoms with E-state index in [9.17, 15) is 4.79 Å². The highest BCUT2D eigenvalue weighted by molar-refractivity contribution is 6.24.